The van der Waals surface area contributed by atoms with Gasteiger partial charge < -0.3 is 20.1 Å². The first-order valence-corrected chi connectivity index (χ1v) is 12.6. The molecular formula is C27H26N6O3S. The maximum absolute atomic E-state index is 13.6. The van der Waals surface area contributed by atoms with Gasteiger partial charge in [-0.1, -0.05) is 48.2 Å². The van der Waals surface area contributed by atoms with Crippen LogP contribution in [-0.4, -0.2) is 39.9 Å². The number of methoxy groups -OCH3 is 2. The second-order valence-corrected chi connectivity index (χ2v) is 9.26. The quantitative estimate of drug-likeness (QED) is 0.320. The van der Waals surface area contributed by atoms with E-state index in [1.165, 1.54) is 17.3 Å². The summed E-state index contributed by atoms with van der Waals surface area (Å²) in [5.74, 6) is 2.18. The first-order chi connectivity index (χ1) is 18.1. The Labute approximate surface area is 218 Å². The van der Waals surface area contributed by atoms with Crippen LogP contribution >= 0.6 is 11.8 Å². The van der Waals surface area contributed by atoms with Gasteiger partial charge in [0.05, 0.1) is 31.7 Å². The molecule has 1 aliphatic rings. The van der Waals surface area contributed by atoms with Gasteiger partial charge in [-0.2, -0.15) is 4.98 Å². The van der Waals surface area contributed by atoms with Crippen LogP contribution in [0.1, 0.15) is 24.1 Å². The molecule has 0 saturated heterocycles. The van der Waals surface area contributed by atoms with Crippen molar-refractivity contribution < 1.29 is 14.3 Å². The summed E-state index contributed by atoms with van der Waals surface area (Å²) in [4.78, 5) is 22.4. The SMILES string of the molecule is COc1ccc(C2C(C(=O)Nc3cccnc3)=C(C)Nc3nc(SCc4ccccc4)nn32)cc1OC. The number of carbonyl (C=O) groups excluding carboxylic acids is 1. The lowest BCUT2D eigenvalue weighted by molar-refractivity contribution is -0.113. The van der Waals surface area contributed by atoms with Gasteiger partial charge in [-0.3, -0.25) is 9.78 Å². The first kappa shape index (κ1) is 24.4. The van der Waals surface area contributed by atoms with Gasteiger partial charge in [-0.25, -0.2) is 4.68 Å². The van der Waals surface area contributed by atoms with E-state index in [0.717, 1.165) is 11.3 Å². The molecule has 2 N–H and O–H groups in total. The molecule has 3 heterocycles. The fourth-order valence-corrected chi connectivity index (χ4v) is 4.96. The van der Waals surface area contributed by atoms with Crippen molar-refractivity contribution in [3.8, 4) is 11.5 Å². The van der Waals surface area contributed by atoms with Crippen molar-refractivity contribution in [1.82, 2.24) is 19.7 Å². The van der Waals surface area contributed by atoms with Crippen molar-refractivity contribution in [3.05, 3.63) is 95.5 Å². The zero-order chi connectivity index (χ0) is 25.8. The third kappa shape index (κ3) is 5.14. The number of anilines is 2. The van der Waals surface area contributed by atoms with Crippen molar-refractivity contribution in [1.29, 1.82) is 0 Å². The number of carbonyl (C=O) groups is 1. The Morgan fingerprint density at radius 3 is 2.62 bits per heavy atom. The monoisotopic (exact) mass is 514 g/mol. The minimum atomic E-state index is -0.550. The van der Waals surface area contributed by atoms with Gasteiger partial charge >= 0.3 is 0 Å². The molecule has 2 aromatic carbocycles. The van der Waals surface area contributed by atoms with E-state index < -0.39 is 6.04 Å². The van der Waals surface area contributed by atoms with Crippen LogP contribution in [-0.2, 0) is 10.5 Å². The summed E-state index contributed by atoms with van der Waals surface area (Å²) in [6.07, 6.45) is 3.26. The van der Waals surface area contributed by atoms with E-state index in [9.17, 15) is 4.79 Å². The molecule has 9 nitrogen and oxygen atoms in total. The number of thioether (sulfide) groups is 1. The van der Waals surface area contributed by atoms with Crippen molar-refractivity contribution in [2.24, 2.45) is 0 Å². The van der Waals surface area contributed by atoms with E-state index >= 15 is 0 Å². The number of hydrogen-bond donors (Lipinski definition) is 2. The summed E-state index contributed by atoms with van der Waals surface area (Å²) in [5.41, 5.74) is 3.77. The van der Waals surface area contributed by atoms with Gasteiger partial charge in [0.2, 0.25) is 11.1 Å². The third-order valence-corrected chi connectivity index (χ3v) is 6.84. The summed E-state index contributed by atoms with van der Waals surface area (Å²) < 4.78 is 12.7. The second kappa shape index (κ2) is 10.8. The molecule has 1 unspecified atom stereocenters. The Morgan fingerprint density at radius 1 is 1.08 bits per heavy atom. The fraction of sp³-hybridized carbons (Fsp3) is 0.185. The highest BCUT2D eigenvalue weighted by Gasteiger charge is 2.35. The topological polar surface area (TPSA) is 103 Å². The van der Waals surface area contributed by atoms with Gasteiger partial charge in [0.15, 0.2) is 11.5 Å². The molecule has 0 aliphatic carbocycles. The summed E-state index contributed by atoms with van der Waals surface area (Å²) in [7, 11) is 3.17. The van der Waals surface area contributed by atoms with Crippen LogP contribution in [0.15, 0.2) is 89.5 Å². The zero-order valence-electron chi connectivity index (χ0n) is 20.6. The van der Waals surface area contributed by atoms with E-state index in [1.807, 2.05) is 43.3 Å². The summed E-state index contributed by atoms with van der Waals surface area (Å²) in [6.45, 7) is 1.86. The number of benzene rings is 2. The lowest BCUT2D eigenvalue weighted by atomic mass is 9.94. The highest BCUT2D eigenvalue weighted by Crippen LogP contribution is 2.40. The standard InChI is InChI=1S/C27H26N6O3S/c1-17-23(25(34)30-20-10-7-13-28-15-20)24(19-11-12-21(35-2)22(14-19)36-3)33-26(29-17)31-27(32-33)37-16-18-8-5-4-6-9-18/h4-15,24H,16H2,1-3H3,(H,30,34)(H,29,31,32). The molecule has 1 atom stereocenters. The number of hydrogen-bond acceptors (Lipinski definition) is 8. The maximum Gasteiger partial charge on any atom is 0.255 e. The normalized spacial score (nSPS) is 14.5. The Bertz CT molecular complexity index is 1440. The number of aromatic nitrogens is 4. The molecule has 0 bridgehead atoms. The minimum absolute atomic E-state index is 0.266. The smallest absolute Gasteiger partial charge is 0.255 e. The summed E-state index contributed by atoms with van der Waals surface area (Å²) >= 11 is 1.54. The molecular weight excluding hydrogens is 488 g/mol. The van der Waals surface area contributed by atoms with Crippen molar-refractivity contribution in [2.45, 2.75) is 23.9 Å². The molecule has 5 rings (SSSR count). The number of allylic oxidation sites excluding steroid dienone is 1. The molecule has 4 aromatic rings. The average molecular weight is 515 g/mol. The highest BCUT2D eigenvalue weighted by molar-refractivity contribution is 7.98. The number of pyridine rings is 1. The summed E-state index contributed by atoms with van der Waals surface area (Å²) in [5, 5.41) is 11.6. The predicted octanol–water partition coefficient (Wildman–Crippen LogP) is 4.91. The largest absolute Gasteiger partial charge is 0.493 e. The summed E-state index contributed by atoms with van der Waals surface area (Å²) in [6, 6.07) is 18.8. The van der Waals surface area contributed by atoms with E-state index in [0.29, 0.717) is 39.6 Å². The zero-order valence-corrected chi connectivity index (χ0v) is 21.5. The number of nitrogens with zero attached hydrogens (tertiary/aromatic N) is 4. The number of ether oxygens (including phenoxy) is 2. The average Bonchev–Trinajstić information content (AvgIpc) is 3.34. The number of nitrogens with one attached hydrogen (secondary N) is 2. The lowest BCUT2D eigenvalue weighted by Crippen LogP contribution is -2.31. The van der Waals surface area contributed by atoms with Crippen LogP contribution in [0.3, 0.4) is 0 Å². The molecule has 0 saturated carbocycles. The van der Waals surface area contributed by atoms with Crippen molar-refractivity contribution in [2.75, 3.05) is 24.9 Å². The van der Waals surface area contributed by atoms with E-state index in [1.54, 1.807) is 43.4 Å². The molecule has 0 fully saturated rings. The minimum Gasteiger partial charge on any atom is -0.493 e. The fourth-order valence-electron chi connectivity index (χ4n) is 4.17. The van der Waals surface area contributed by atoms with Crippen LogP contribution in [0.2, 0.25) is 0 Å². The Kier molecular flexibility index (Phi) is 7.09. The maximum atomic E-state index is 13.6. The van der Waals surface area contributed by atoms with Gasteiger partial charge in [0.25, 0.3) is 5.91 Å². The molecule has 1 amide bonds. The van der Waals surface area contributed by atoms with Crippen LogP contribution < -0.4 is 20.1 Å². The molecule has 1 aliphatic heterocycles. The first-order valence-electron chi connectivity index (χ1n) is 11.6. The van der Waals surface area contributed by atoms with E-state index in [-0.39, 0.29) is 5.91 Å². The Morgan fingerprint density at radius 2 is 1.89 bits per heavy atom. The number of rotatable bonds is 8. The van der Waals surface area contributed by atoms with Gasteiger partial charge in [0, 0.05) is 17.6 Å². The molecule has 10 heteroatoms. The number of amides is 1. The van der Waals surface area contributed by atoms with Crippen molar-refractivity contribution >= 4 is 29.3 Å². The van der Waals surface area contributed by atoms with Crippen LogP contribution in [0, 0.1) is 0 Å². The Balaban J connectivity index is 1.54. The molecule has 2 aromatic heterocycles. The highest BCUT2D eigenvalue weighted by atomic mass is 32.2. The molecule has 188 valence electrons. The van der Waals surface area contributed by atoms with Crippen molar-refractivity contribution in [3.63, 3.8) is 0 Å². The predicted molar refractivity (Wildman–Crippen MR) is 143 cm³/mol. The van der Waals surface area contributed by atoms with Gasteiger partial charge in [-0.05, 0) is 42.3 Å². The molecule has 0 spiro atoms. The van der Waals surface area contributed by atoms with E-state index in [4.69, 9.17) is 19.6 Å². The number of fused-ring (bicyclic) bond motifs is 1. The van der Waals surface area contributed by atoms with Gasteiger partial charge in [0.1, 0.15) is 6.04 Å². The second-order valence-electron chi connectivity index (χ2n) is 8.31. The Hall–Kier alpha value is -4.31. The third-order valence-electron chi connectivity index (χ3n) is 5.93. The van der Waals surface area contributed by atoms with E-state index in [2.05, 4.69) is 27.8 Å². The molecule has 37 heavy (non-hydrogen) atoms. The van der Waals surface area contributed by atoms with Crippen LogP contribution in [0.5, 0.6) is 11.5 Å². The van der Waals surface area contributed by atoms with Crippen LogP contribution in [0.4, 0.5) is 11.6 Å². The lowest BCUT2D eigenvalue weighted by Gasteiger charge is -2.29. The van der Waals surface area contributed by atoms with Crippen LogP contribution in [0.25, 0.3) is 0 Å². The van der Waals surface area contributed by atoms with Gasteiger partial charge in [-0.15, -0.1) is 5.10 Å². The molecule has 0 radical (unpaired) electrons.